The van der Waals surface area contributed by atoms with E-state index in [1.54, 1.807) is 11.8 Å². The molecule has 0 heterocycles. The molecule has 0 radical (unpaired) electrons. The van der Waals surface area contributed by atoms with E-state index in [0.29, 0.717) is 12.0 Å². The van der Waals surface area contributed by atoms with Gasteiger partial charge in [-0.1, -0.05) is 92.2 Å². The van der Waals surface area contributed by atoms with E-state index < -0.39 is 12.0 Å². The van der Waals surface area contributed by atoms with Gasteiger partial charge in [0.2, 0.25) is 0 Å². The number of thioether (sulfide) groups is 1. The van der Waals surface area contributed by atoms with Gasteiger partial charge >= 0.3 is 5.97 Å². The average Bonchev–Trinajstić information content (AvgIpc) is 3.39. The first-order valence-electron chi connectivity index (χ1n) is 15.5. The SMILES string of the molecule is CCCCN(Cc1ccc(C(=O)N[C@@H](CCSC)C(=O)OC)c(-c2ccccc2C)c1)C1c2ccccc2-c2ccccc21. The van der Waals surface area contributed by atoms with Crippen molar-refractivity contribution in [1.29, 1.82) is 0 Å². The third-order valence-corrected chi connectivity index (χ3v) is 9.16. The Hall–Kier alpha value is -3.87. The van der Waals surface area contributed by atoms with Crippen molar-refractivity contribution in [3.8, 4) is 22.3 Å². The second-order valence-corrected chi connectivity index (χ2v) is 12.4. The number of hydrogen-bond acceptors (Lipinski definition) is 5. The van der Waals surface area contributed by atoms with Gasteiger partial charge in [0.1, 0.15) is 6.04 Å². The van der Waals surface area contributed by atoms with Crippen molar-refractivity contribution < 1.29 is 14.3 Å². The van der Waals surface area contributed by atoms with Crippen LogP contribution in [0.25, 0.3) is 22.3 Å². The third kappa shape index (κ3) is 6.77. The molecule has 6 heteroatoms. The van der Waals surface area contributed by atoms with E-state index in [1.165, 1.54) is 29.4 Å². The first-order chi connectivity index (χ1) is 21.5. The Balaban J connectivity index is 1.53. The van der Waals surface area contributed by atoms with Crippen molar-refractivity contribution in [3.05, 3.63) is 119 Å². The highest BCUT2D eigenvalue weighted by Gasteiger charge is 2.32. The Kier molecular flexibility index (Phi) is 10.6. The third-order valence-electron chi connectivity index (χ3n) is 8.52. The number of methoxy groups -OCH3 is 1. The van der Waals surface area contributed by atoms with Crippen LogP contribution in [-0.2, 0) is 16.1 Å². The number of unbranched alkanes of at least 4 members (excludes halogenated alkanes) is 1. The highest BCUT2D eigenvalue weighted by molar-refractivity contribution is 7.98. The van der Waals surface area contributed by atoms with E-state index in [1.807, 2.05) is 24.5 Å². The molecule has 0 spiro atoms. The first kappa shape index (κ1) is 31.6. The number of nitrogens with one attached hydrogen (secondary N) is 1. The largest absolute Gasteiger partial charge is 0.467 e. The first-order valence-corrected chi connectivity index (χ1v) is 16.8. The lowest BCUT2D eigenvalue weighted by Crippen LogP contribution is -2.42. The van der Waals surface area contributed by atoms with Crippen LogP contribution in [0.5, 0.6) is 0 Å². The monoisotopic (exact) mass is 606 g/mol. The van der Waals surface area contributed by atoms with Crippen LogP contribution in [0.1, 0.15) is 64.8 Å². The predicted octanol–water partition coefficient (Wildman–Crippen LogP) is 8.06. The molecule has 0 saturated carbocycles. The molecule has 1 amide bonds. The molecule has 4 aromatic rings. The molecule has 228 valence electrons. The summed E-state index contributed by atoms with van der Waals surface area (Å²) in [6.07, 6.45) is 4.70. The summed E-state index contributed by atoms with van der Waals surface area (Å²) in [6, 6.07) is 31.3. The normalized spacial score (nSPS) is 12.9. The Morgan fingerprint density at radius 2 is 1.52 bits per heavy atom. The van der Waals surface area contributed by atoms with Gasteiger partial charge < -0.3 is 10.1 Å². The van der Waals surface area contributed by atoms with Crippen LogP contribution in [0.2, 0.25) is 0 Å². The molecule has 1 aliphatic rings. The van der Waals surface area contributed by atoms with Crippen LogP contribution in [0.15, 0.2) is 91.0 Å². The molecule has 5 nitrogen and oxygen atoms in total. The molecule has 5 rings (SSSR count). The number of hydrogen-bond donors (Lipinski definition) is 1. The van der Waals surface area contributed by atoms with Crippen LogP contribution in [0.4, 0.5) is 0 Å². The van der Waals surface area contributed by atoms with Gasteiger partial charge in [-0.3, -0.25) is 9.69 Å². The number of fused-ring (bicyclic) bond motifs is 3. The minimum atomic E-state index is -0.698. The summed E-state index contributed by atoms with van der Waals surface area (Å²) in [6.45, 7) is 6.01. The minimum Gasteiger partial charge on any atom is -0.467 e. The number of amides is 1. The van der Waals surface area contributed by atoms with Crippen molar-refractivity contribution in [2.45, 2.75) is 51.7 Å². The zero-order valence-electron chi connectivity index (χ0n) is 26.1. The molecule has 1 N–H and O–H groups in total. The number of aryl methyl sites for hydroxylation is 1. The summed E-state index contributed by atoms with van der Waals surface area (Å²) >= 11 is 1.63. The molecule has 44 heavy (non-hydrogen) atoms. The number of carbonyl (C=O) groups excluding carboxylic acids is 2. The summed E-state index contributed by atoms with van der Waals surface area (Å²) in [4.78, 5) is 28.9. The Morgan fingerprint density at radius 1 is 0.886 bits per heavy atom. The molecule has 1 aliphatic carbocycles. The van der Waals surface area contributed by atoms with Crippen molar-refractivity contribution in [1.82, 2.24) is 10.2 Å². The lowest BCUT2D eigenvalue weighted by atomic mass is 9.93. The fraction of sp³-hybridized carbons (Fsp3) is 0.316. The number of nitrogens with zero attached hydrogens (tertiary/aromatic N) is 1. The summed E-state index contributed by atoms with van der Waals surface area (Å²) in [7, 11) is 1.36. The lowest BCUT2D eigenvalue weighted by molar-refractivity contribution is -0.142. The lowest BCUT2D eigenvalue weighted by Gasteiger charge is -2.31. The summed E-state index contributed by atoms with van der Waals surface area (Å²) in [5.41, 5.74) is 9.98. The Bertz CT molecular complexity index is 1570. The molecular weight excluding hydrogens is 564 g/mol. The van der Waals surface area contributed by atoms with Crippen molar-refractivity contribution in [2.24, 2.45) is 0 Å². The highest BCUT2D eigenvalue weighted by atomic mass is 32.2. The van der Waals surface area contributed by atoms with Gasteiger partial charge in [-0.2, -0.15) is 11.8 Å². The van der Waals surface area contributed by atoms with Gasteiger partial charge in [0.25, 0.3) is 5.91 Å². The van der Waals surface area contributed by atoms with Crippen LogP contribution in [0.3, 0.4) is 0 Å². The minimum absolute atomic E-state index is 0.163. The van der Waals surface area contributed by atoms with Crippen molar-refractivity contribution in [3.63, 3.8) is 0 Å². The maximum atomic E-state index is 13.8. The fourth-order valence-electron chi connectivity index (χ4n) is 6.27. The molecule has 1 atom stereocenters. The van der Waals surface area contributed by atoms with E-state index in [2.05, 4.69) is 96.9 Å². The predicted molar refractivity (Wildman–Crippen MR) is 182 cm³/mol. The van der Waals surface area contributed by atoms with E-state index in [-0.39, 0.29) is 11.9 Å². The molecule has 4 aromatic carbocycles. The molecule has 0 fully saturated rings. The quantitative estimate of drug-likeness (QED) is 0.156. The Morgan fingerprint density at radius 3 is 2.14 bits per heavy atom. The molecule has 0 aromatic heterocycles. The van der Waals surface area contributed by atoms with E-state index >= 15 is 0 Å². The Labute approximate surface area is 266 Å². The number of benzene rings is 4. The van der Waals surface area contributed by atoms with Crippen LogP contribution in [-0.4, -0.2) is 48.5 Å². The van der Waals surface area contributed by atoms with Crippen molar-refractivity contribution in [2.75, 3.05) is 25.7 Å². The topological polar surface area (TPSA) is 58.6 Å². The van der Waals surface area contributed by atoms with Gasteiger partial charge in [0, 0.05) is 12.1 Å². The zero-order valence-corrected chi connectivity index (χ0v) is 27.0. The number of rotatable bonds is 13. The van der Waals surface area contributed by atoms with E-state index in [9.17, 15) is 9.59 Å². The summed E-state index contributed by atoms with van der Waals surface area (Å²) in [5, 5.41) is 2.97. The van der Waals surface area contributed by atoms with Crippen LogP contribution >= 0.6 is 11.8 Å². The van der Waals surface area contributed by atoms with E-state index in [4.69, 9.17) is 4.74 Å². The fourth-order valence-corrected chi connectivity index (χ4v) is 6.74. The molecule has 0 unspecified atom stereocenters. The number of carbonyl (C=O) groups is 2. The van der Waals surface area contributed by atoms with Gasteiger partial charge in [0.15, 0.2) is 0 Å². The van der Waals surface area contributed by atoms with Crippen LogP contribution < -0.4 is 5.32 Å². The molecule has 0 bridgehead atoms. The standard InChI is InChI=1S/C38H42N2O3S/c1-5-6-22-40(36-31-17-11-9-15-29(31)30-16-10-12-18-32(30)36)25-27-19-20-33(34(24-27)28-14-8-7-13-26(28)2)37(41)39-35(21-23-44-4)38(42)43-3/h7-20,24,35-36H,5-6,21-23,25H2,1-4H3,(H,39,41)/t35-/m0/s1. The van der Waals surface area contributed by atoms with Crippen LogP contribution in [0, 0.1) is 6.92 Å². The van der Waals surface area contributed by atoms with Crippen molar-refractivity contribution >= 4 is 23.6 Å². The summed E-state index contributed by atoms with van der Waals surface area (Å²) < 4.78 is 5.01. The second kappa shape index (κ2) is 14.7. The van der Waals surface area contributed by atoms with E-state index in [0.717, 1.165) is 53.9 Å². The number of esters is 1. The molecular formula is C38H42N2O3S. The maximum absolute atomic E-state index is 13.8. The molecule has 0 saturated heterocycles. The average molecular weight is 607 g/mol. The van der Waals surface area contributed by atoms with Gasteiger partial charge in [-0.15, -0.1) is 0 Å². The maximum Gasteiger partial charge on any atom is 0.328 e. The molecule has 0 aliphatic heterocycles. The van der Waals surface area contributed by atoms with Gasteiger partial charge in [-0.05, 0) is 95.0 Å². The second-order valence-electron chi connectivity index (χ2n) is 11.4. The highest BCUT2D eigenvalue weighted by Crippen LogP contribution is 2.46. The number of ether oxygens (including phenoxy) is 1. The zero-order chi connectivity index (χ0) is 31.1. The van der Waals surface area contributed by atoms with Gasteiger partial charge in [0.05, 0.1) is 13.2 Å². The smallest absolute Gasteiger partial charge is 0.328 e. The van der Waals surface area contributed by atoms with Gasteiger partial charge in [-0.25, -0.2) is 4.79 Å². The summed E-state index contributed by atoms with van der Waals surface area (Å²) in [5.74, 6) is 0.0444.